The summed E-state index contributed by atoms with van der Waals surface area (Å²) in [6.07, 6.45) is 0. The van der Waals surface area contributed by atoms with Crippen LogP contribution in [-0.2, 0) is 0 Å². The molecule has 1 heterocycles. The molecular weight excluding hydrogens is 258 g/mol. The number of carbonyl (C=O) groups excluding carboxylic acids is 1. The van der Waals surface area contributed by atoms with Crippen molar-refractivity contribution in [2.45, 2.75) is 6.92 Å². The van der Waals surface area contributed by atoms with E-state index < -0.39 is 17.5 Å². The quantitative estimate of drug-likeness (QED) is 0.889. The first kappa shape index (κ1) is 12.9. The van der Waals surface area contributed by atoms with E-state index in [1.807, 2.05) is 0 Å². The fourth-order valence-electron chi connectivity index (χ4n) is 1.46. The number of halogens is 2. The molecule has 0 fully saturated rings. The molecule has 0 aliphatic rings. The molecule has 2 N–H and O–H groups in total. The monoisotopic (exact) mass is 268 g/mol. The number of aromatic nitrogens is 2. The van der Waals surface area contributed by atoms with Gasteiger partial charge in [0.25, 0.3) is 5.91 Å². The Labute approximate surface area is 106 Å². The van der Waals surface area contributed by atoms with E-state index in [9.17, 15) is 13.6 Å². The Morgan fingerprint density at radius 2 is 1.95 bits per heavy atom. The van der Waals surface area contributed by atoms with Gasteiger partial charge in [-0.1, -0.05) is 5.16 Å². The van der Waals surface area contributed by atoms with Crippen molar-refractivity contribution in [3.05, 3.63) is 35.2 Å². The predicted octanol–water partition coefficient (Wildman–Crippen LogP) is 1.95. The van der Waals surface area contributed by atoms with Crippen molar-refractivity contribution in [2.75, 3.05) is 17.7 Å². The van der Waals surface area contributed by atoms with Crippen LogP contribution in [-0.4, -0.2) is 23.1 Å². The third-order valence-electron chi connectivity index (χ3n) is 2.30. The van der Waals surface area contributed by atoms with Gasteiger partial charge in [0.15, 0.2) is 5.82 Å². The fourth-order valence-corrected chi connectivity index (χ4v) is 1.46. The Hall–Kier alpha value is -2.51. The highest BCUT2D eigenvalue weighted by atomic mass is 19.1. The van der Waals surface area contributed by atoms with Gasteiger partial charge in [0.1, 0.15) is 17.3 Å². The molecule has 0 aliphatic carbocycles. The zero-order valence-electron chi connectivity index (χ0n) is 10.1. The van der Waals surface area contributed by atoms with Crippen LogP contribution < -0.4 is 10.6 Å². The molecule has 0 atom stereocenters. The summed E-state index contributed by atoms with van der Waals surface area (Å²) in [5, 5.41) is 8.06. The van der Waals surface area contributed by atoms with Crippen LogP contribution in [0.5, 0.6) is 0 Å². The lowest BCUT2D eigenvalue weighted by Crippen LogP contribution is -2.13. The molecule has 2 rings (SSSR count). The van der Waals surface area contributed by atoms with Gasteiger partial charge in [0.2, 0.25) is 0 Å². The topological polar surface area (TPSA) is 80.0 Å². The fraction of sp³-hybridized carbons (Fsp3) is 0.182. The number of benzene rings is 1. The van der Waals surface area contributed by atoms with Crippen molar-refractivity contribution in [2.24, 2.45) is 0 Å². The number of carbonyl (C=O) groups is 1. The summed E-state index contributed by atoms with van der Waals surface area (Å²) in [4.78, 5) is 15.5. The molecular formula is C11H10F2N4O2. The summed E-state index contributed by atoms with van der Waals surface area (Å²) in [6.45, 7) is 1.57. The normalized spacial score (nSPS) is 10.3. The van der Waals surface area contributed by atoms with Crippen LogP contribution in [0.4, 0.5) is 20.5 Å². The van der Waals surface area contributed by atoms with Gasteiger partial charge in [-0.25, -0.2) is 8.78 Å². The van der Waals surface area contributed by atoms with E-state index in [2.05, 4.69) is 25.3 Å². The van der Waals surface area contributed by atoms with Gasteiger partial charge < -0.3 is 9.84 Å². The van der Waals surface area contributed by atoms with Crippen molar-refractivity contribution < 1.29 is 18.1 Å². The maximum absolute atomic E-state index is 13.5. The second-order valence-electron chi connectivity index (χ2n) is 3.67. The third-order valence-corrected chi connectivity index (χ3v) is 2.30. The molecule has 2 aromatic rings. The SMILES string of the molecule is CNc1c(F)cc(C(=O)Nc2nc(C)no2)cc1F. The number of anilines is 2. The maximum Gasteiger partial charge on any atom is 0.328 e. The van der Waals surface area contributed by atoms with Crippen molar-refractivity contribution in [1.82, 2.24) is 10.1 Å². The van der Waals surface area contributed by atoms with E-state index in [-0.39, 0.29) is 17.3 Å². The number of amides is 1. The highest BCUT2D eigenvalue weighted by Crippen LogP contribution is 2.20. The minimum atomic E-state index is -0.866. The summed E-state index contributed by atoms with van der Waals surface area (Å²) in [6, 6.07) is 1.68. The van der Waals surface area contributed by atoms with Crippen molar-refractivity contribution >= 4 is 17.6 Å². The molecule has 0 unspecified atom stereocenters. The minimum absolute atomic E-state index is 0.138. The van der Waals surface area contributed by atoms with Gasteiger partial charge in [-0.3, -0.25) is 10.1 Å². The first-order chi connectivity index (χ1) is 9.01. The Bertz CT molecular complexity index is 604. The summed E-state index contributed by atoms with van der Waals surface area (Å²) in [7, 11) is 1.38. The van der Waals surface area contributed by atoms with E-state index in [0.29, 0.717) is 5.82 Å². The molecule has 19 heavy (non-hydrogen) atoms. The second kappa shape index (κ2) is 5.01. The van der Waals surface area contributed by atoms with Crippen molar-refractivity contribution in [3.63, 3.8) is 0 Å². The van der Waals surface area contributed by atoms with E-state index in [1.165, 1.54) is 7.05 Å². The highest BCUT2D eigenvalue weighted by molar-refractivity contribution is 6.03. The molecule has 0 radical (unpaired) electrons. The molecule has 8 heteroatoms. The van der Waals surface area contributed by atoms with Gasteiger partial charge in [-0.05, 0) is 19.1 Å². The zero-order valence-corrected chi connectivity index (χ0v) is 10.1. The number of hydrogen-bond donors (Lipinski definition) is 2. The Morgan fingerprint density at radius 3 is 2.42 bits per heavy atom. The summed E-state index contributed by atoms with van der Waals surface area (Å²) >= 11 is 0. The first-order valence-electron chi connectivity index (χ1n) is 5.29. The van der Waals surface area contributed by atoms with Crippen LogP contribution in [0.3, 0.4) is 0 Å². The Kier molecular flexibility index (Phi) is 3.41. The molecule has 1 aromatic heterocycles. The average Bonchev–Trinajstić information content (AvgIpc) is 2.74. The molecule has 100 valence electrons. The number of hydrogen-bond acceptors (Lipinski definition) is 5. The molecule has 0 saturated carbocycles. The van der Waals surface area contributed by atoms with E-state index >= 15 is 0 Å². The lowest BCUT2D eigenvalue weighted by atomic mass is 10.1. The number of nitrogens with zero attached hydrogens (tertiary/aromatic N) is 2. The zero-order chi connectivity index (χ0) is 14.0. The van der Waals surface area contributed by atoms with Crippen LogP contribution in [0.15, 0.2) is 16.7 Å². The van der Waals surface area contributed by atoms with Crippen molar-refractivity contribution in [1.29, 1.82) is 0 Å². The summed E-state index contributed by atoms with van der Waals surface area (Å²) in [5.74, 6) is -2.15. The van der Waals surface area contributed by atoms with E-state index in [0.717, 1.165) is 12.1 Å². The van der Waals surface area contributed by atoms with Crippen LogP contribution in [0.25, 0.3) is 0 Å². The van der Waals surface area contributed by atoms with Crippen LogP contribution in [0.2, 0.25) is 0 Å². The minimum Gasteiger partial charge on any atom is -0.383 e. The van der Waals surface area contributed by atoms with Crippen LogP contribution in [0.1, 0.15) is 16.2 Å². The Morgan fingerprint density at radius 1 is 1.32 bits per heavy atom. The second-order valence-corrected chi connectivity index (χ2v) is 3.67. The van der Waals surface area contributed by atoms with Gasteiger partial charge in [0, 0.05) is 12.6 Å². The van der Waals surface area contributed by atoms with Crippen LogP contribution >= 0.6 is 0 Å². The molecule has 6 nitrogen and oxygen atoms in total. The van der Waals surface area contributed by atoms with E-state index in [4.69, 9.17) is 0 Å². The number of nitrogens with one attached hydrogen (secondary N) is 2. The average molecular weight is 268 g/mol. The smallest absolute Gasteiger partial charge is 0.328 e. The Balaban J connectivity index is 2.24. The molecule has 0 aliphatic heterocycles. The van der Waals surface area contributed by atoms with Crippen molar-refractivity contribution in [3.8, 4) is 0 Å². The molecule has 0 spiro atoms. The summed E-state index contributed by atoms with van der Waals surface area (Å²) < 4.78 is 31.6. The van der Waals surface area contributed by atoms with Gasteiger partial charge >= 0.3 is 6.01 Å². The third kappa shape index (κ3) is 2.67. The molecule has 1 amide bonds. The highest BCUT2D eigenvalue weighted by Gasteiger charge is 2.16. The molecule has 0 bridgehead atoms. The maximum atomic E-state index is 13.5. The molecule has 0 saturated heterocycles. The lowest BCUT2D eigenvalue weighted by molar-refractivity contribution is 0.102. The van der Waals surface area contributed by atoms with Gasteiger partial charge in [-0.15, -0.1) is 0 Å². The number of aryl methyl sites for hydroxylation is 1. The standard InChI is InChI=1S/C11H10F2N4O2/c1-5-15-11(19-17-5)16-10(18)6-3-7(12)9(14-2)8(13)4-6/h3-4,14H,1-2H3,(H,15,16,17,18). The van der Waals surface area contributed by atoms with E-state index in [1.54, 1.807) is 6.92 Å². The number of rotatable bonds is 3. The largest absolute Gasteiger partial charge is 0.383 e. The van der Waals surface area contributed by atoms with Crippen LogP contribution in [0, 0.1) is 18.6 Å². The first-order valence-corrected chi connectivity index (χ1v) is 5.29. The summed E-state index contributed by atoms with van der Waals surface area (Å²) in [5.41, 5.74) is -0.491. The molecule has 1 aromatic carbocycles. The lowest BCUT2D eigenvalue weighted by Gasteiger charge is -2.06. The van der Waals surface area contributed by atoms with Gasteiger partial charge in [-0.2, -0.15) is 4.98 Å². The van der Waals surface area contributed by atoms with Gasteiger partial charge in [0.05, 0.1) is 0 Å². The predicted molar refractivity (Wildman–Crippen MR) is 62.9 cm³/mol.